The van der Waals surface area contributed by atoms with Gasteiger partial charge in [0.05, 0.1) is 16.6 Å². The molecule has 2 aliphatic carbocycles. The van der Waals surface area contributed by atoms with Gasteiger partial charge in [-0.15, -0.1) is 0 Å². The van der Waals surface area contributed by atoms with E-state index in [-0.39, 0.29) is 0 Å². The van der Waals surface area contributed by atoms with Gasteiger partial charge in [0, 0.05) is 39.1 Å². The van der Waals surface area contributed by atoms with E-state index in [1.807, 2.05) is 0 Å². The molecule has 0 saturated carbocycles. The summed E-state index contributed by atoms with van der Waals surface area (Å²) in [4.78, 5) is 0. The van der Waals surface area contributed by atoms with Crippen LogP contribution in [0.3, 0.4) is 0 Å². The van der Waals surface area contributed by atoms with E-state index in [0.717, 1.165) is 12.8 Å². The summed E-state index contributed by atoms with van der Waals surface area (Å²) in [6.07, 6.45) is 11.4. The lowest BCUT2D eigenvalue weighted by Crippen LogP contribution is -2.07. The zero-order valence-electron chi connectivity index (χ0n) is 29.7. The molecule has 0 aliphatic heterocycles. The number of para-hydroxylation sites is 3. The molecule has 2 heterocycles. The molecular weight excluding hydrogens is 641 g/mol. The molecule has 0 fully saturated rings. The largest absolute Gasteiger partial charge is 0.310 e. The van der Waals surface area contributed by atoms with Gasteiger partial charge in [-0.1, -0.05) is 122 Å². The lowest BCUT2D eigenvalue weighted by atomic mass is 9.80. The molecule has 0 spiro atoms. The summed E-state index contributed by atoms with van der Waals surface area (Å²) >= 11 is 0. The van der Waals surface area contributed by atoms with E-state index >= 15 is 0 Å². The van der Waals surface area contributed by atoms with Crippen LogP contribution in [0.4, 0.5) is 0 Å². The Morgan fingerprint density at radius 1 is 0.547 bits per heavy atom. The van der Waals surface area contributed by atoms with Gasteiger partial charge in [0.1, 0.15) is 0 Å². The topological polar surface area (TPSA) is 9.86 Å². The highest BCUT2D eigenvalue weighted by molar-refractivity contribution is 6.09. The first-order chi connectivity index (χ1) is 26.2. The fraction of sp³-hybridized carbons (Fsp3) is 0.0980. The summed E-state index contributed by atoms with van der Waals surface area (Å²) in [6, 6.07) is 56.5. The second kappa shape index (κ2) is 11.8. The standard InChI is InChI=1S/C51H38N2/c1-33-20-29-51-47(30-33)44-14-4-7-19-50(44)53(51)39-27-23-35(24-28-39)41-16-9-11-37-31-36-10-8-15-40(45(36)32-46(37)41)34-21-25-38(26-22-34)52-48-17-5-2-12-42(48)43-13-3-6-18-49(43)52/h2-15,17-29,31-33,41H,16,30H2,1H3. The first kappa shape index (κ1) is 30.3. The van der Waals surface area contributed by atoms with Crippen LogP contribution in [-0.2, 0) is 6.42 Å². The summed E-state index contributed by atoms with van der Waals surface area (Å²) in [5.41, 5.74) is 15.5. The van der Waals surface area contributed by atoms with Crippen LogP contribution in [0.25, 0.3) is 78.1 Å². The number of fused-ring (bicyclic) bond motifs is 8. The fourth-order valence-electron chi connectivity index (χ4n) is 9.32. The molecule has 2 aromatic heterocycles. The van der Waals surface area contributed by atoms with Crippen molar-refractivity contribution in [3.05, 3.63) is 192 Å². The van der Waals surface area contributed by atoms with Crippen LogP contribution in [0, 0.1) is 5.92 Å². The predicted molar refractivity (Wildman–Crippen MR) is 224 cm³/mol. The number of hydrogen-bond acceptors (Lipinski definition) is 0. The molecule has 2 atom stereocenters. The Balaban J connectivity index is 0.971. The van der Waals surface area contributed by atoms with E-state index < -0.39 is 0 Å². The smallest absolute Gasteiger partial charge is 0.0541 e. The molecule has 11 rings (SSSR count). The Labute approximate surface area is 309 Å². The van der Waals surface area contributed by atoms with Gasteiger partial charge in [-0.25, -0.2) is 0 Å². The first-order valence-corrected chi connectivity index (χ1v) is 18.9. The Kier molecular flexibility index (Phi) is 6.76. The van der Waals surface area contributed by atoms with Crippen LogP contribution in [0.1, 0.15) is 47.2 Å². The second-order valence-electron chi connectivity index (χ2n) is 15.0. The van der Waals surface area contributed by atoms with Gasteiger partial charge in [-0.05, 0) is 124 Å². The number of nitrogens with zero attached hydrogens (tertiary/aromatic N) is 2. The van der Waals surface area contributed by atoms with Gasteiger partial charge in [0.2, 0.25) is 0 Å². The molecule has 2 unspecified atom stereocenters. The molecule has 252 valence electrons. The van der Waals surface area contributed by atoms with E-state index in [1.165, 1.54) is 93.9 Å². The molecule has 2 nitrogen and oxygen atoms in total. The summed E-state index contributed by atoms with van der Waals surface area (Å²) in [5, 5.41) is 6.53. The molecule has 2 aliphatic rings. The zero-order chi connectivity index (χ0) is 35.0. The maximum atomic E-state index is 2.48. The minimum atomic E-state index is 0.301. The van der Waals surface area contributed by atoms with E-state index in [4.69, 9.17) is 0 Å². The Hall–Kier alpha value is -6.38. The zero-order valence-corrected chi connectivity index (χ0v) is 29.7. The average Bonchev–Trinajstić information content (AvgIpc) is 3.72. The van der Waals surface area contributed by atoms with Crippen LogP contribution in [-0.4, -0.2) is 9.13 Å². The van der Waals surface area contributed by atoms with Gasteiger partial charge >= 0.3 is 0 Å². The molecule has 0 radical (unpaired) electrons. The lowest BCUT2D eigenvalue weighted by molar-refractivity contribution is 0.717. The van der Waals surface area contributed by atoms with E-state index in [2.05, 4.69) is 192 Å². The predicted octanol–water partition coefficient (Wildman–Crippen LogP) is 13.3. The lowest BCUT2D eigenvalue weighted by Gasteiger charge is -2.24. The van der Waals surface area contributed by atoms with E-state index in [0.29, 0.717) is 11.8 Å². The Morgan fingerprint density at radius 3 is 1.92 bits per heavy atom. The van der Waals surface area contributed by atoms with Gasteiger partial charge in [-0.3, -0.25) is 0 Å². The maximum absolute atomic E-state index is 2.48. The molecule has 0 saturated heterocycles. The van der Waals surface area contributed by atoms with Crippen LogP contribution in [0.2, 0.25) is 0 Å². The molecule has 53 heavy (non-hydrogen) atoms. The Bertz CT molecular complexity index is 2900. The summed E-state index contributed by atoms with van der Waals surface area (Å²) < 4.78 is 4.85. The summed E-state index contributed by atoms with van der Waals surface area (Å²) in [5.74, 6) is 0.862. The van der Waals surface area contributed by atoms with Crippen molar-refractivity contribution in [1.29, 1.82) is 0 Å². The number of rotatable bonds is 4. The highest BCUT2D eigenvalue weighted by Crippen LogP contribution is 2.41. The van der Waals surface area contributed by atoms with Gasteiger partial charge in [0.25, 0.3) is 0 Å². The van der Waals surface area contributed by atoms with Crippen molar-refractivity contribution in [1.82, 2.24) is 9.13 Å². The van der Waals surface area contributed by atoms with E-state index in [1.54, 1.807) is 0 Å². The minimum absolute atomic E-state index is 0.301. The van der Waals surface area contributed by atoms with Crippen molar-refractivity contribution in [2.75, 3.05) is 0 Å². The molecule has 7 aromatic carbocycles. The third kappa shape index (κ3) is 4.72. The highest BCUT2D eigenvalue weighted by Gasteiger charge is 2.23. The number of allylic oxidation sites excluding steroid dienone is 2. The maximum Gasteiger partial charge on any atom is 0.0541 e. The first-order valence-electron chi connectivity index (χ1n) is 18.9. The molecular formula is C51H38N2. The van der Waals surface area contributed by atoms with Gasteiger partial charge < -0.3 is 9.13 Å². The minimum Gasteiger partial charge on any atom is -0.310 e. The van der Waals surface area contributed by atoms with E-state index in [9.17, 15) is 0 Å². The van der Waals surface area contributed by atoms with Gasteiger partial charge in [0.15, 0.2) is 0 Å². The third-order valence-corrected chi connectivity index (χ3v) is 11.8. The quantitative estimate of drug-likeness (QED) is 0.175. The molecule has 9 aromatic rings. The molecule has 2 heteroatoms. The second-order valence-corrected chi connectivity index (χ2v) is 15.0. The van der Waals surface area contributed by atoms with Crippen molar-refractivity contribution in [3.8, 4) is 22.5 Å². The molecule has 0 amide bonds. The van der Waals surface area contributed by atoms with Crippen molar-refractivity contribution in [3.63, 3.8) is 0 Å². The average molecular weight is 679 g/mol. The molecule has 0 N–H and O–H groups in total. The Morgan fingerprint density at radius 2 is 1.19 bits per heavy atom. The van der Waals surface area contributed by atoms with Crippen LogP contribution >= 0.6 is 0 Å². The number of benzene rings is 7. The monoisotopic (exact) mass is 678 g/mol. The highest BCUT2D eigenvalue weighted by atomic mass is 15.0. The van der Waals surface area contributed by atoms with Gasteiger partial charge in [-0.2, -0.15) is 0 Å². The normalized spacial score (nSPS) is 16.5. The summed E-state index contributed by atoms with van der Waals surface area (Å²) in [7, 11) is 0. The van der Waals surface area contributed by atoms with Crippen LogP contribution in [0.5, 0.6) is 0 Å². The SMILES string of the molecule is CC1C=Cc2c(c3ccccc3n2-c2ccc(C3CC=Cc4cc5cccc(-c6ccc(-n7c8ccccc8c8ccccc87)cc6)c5cc43)cc2)C1. The van der Waals surface area contributed by atoms with Crippen molar-refractivity contribution < 1.29 is 0 Å². The molecule has 0 bridgehead atoms. The van der Waals surface area contributed by atoms with Crippen LogP contribution < -0.4 is 0 Å². The van der Waals surface area contributed by atoms with Crippen molar-refractivity contribution in [2.24, 2.45) is 5.92 Å². The number of aromatic nitrogens is 2. The van der Waals surface area contributed by atoms with Crippen LogP contribution in [0.15, 0.2) is 164 Å². The van der Waals surface area contributed by atoms with Crippen molar-refractivity contribution >= 4 is 55.6 Å². The fourth-order valence-corrected chi connectivity index (χ4v) is 9.32. The van der Waals surface area contributed by atoms with Crippen molar-refractivity contribution in [2.45, 2.75) is 25.7 Å². The number of hydrogen-bond donors (Lipinski definition) is 0. The third-order valence-electron chi connectivity index (χ3n) is 11.8. The summed E-state index contributed by atoms with van der Waals surface area (Å²) in [6.45, 7) is 2.31.